The van der Waals surface area contributed by atoms with Gasteiger partial charge in [0.05, 0.1) is 0 Å². The number of aromatic nitrogens is 1. The molecule has 2 rings (SSSR count). The van der Waals surface area contributed by atoms with Crippen molar-refractivity contribution in [1.82, 2.24) is 10.3 Å². The molecule has 1 aromatic heterocycles. The zero-order valence-corrected chi connectivity index (χ0v) is 9.89. The van der Waals surface area contributed by atoms with Gasteiger partial charge >= 0.3 is 0 Å². The number of nitrogens with one attached hydrogen (secondary N) is 1. The fourth-order valence-corrected chi connectivity index (χ4v) is 2.72. The molecule has 1 aromatic rings. The van der Waals surface area contributed by atoms with Gasteiger partial charge in [0.15, 0.2) is 0 Å². The summed E-state index contributed by atoms with van der Waals surface area (Å²) in [5, 5.41) is 3.19. The van der Waals surface area contributed by atoms with E-state index in [1.807, 2.05) is 31.1 Å². The predicted molar refractivity (Wildman–Crippen MR) is 66.5 cm³/mol. The Balaban J connectivity index is 2.17. The van der Waals surface area contributed by atoms with E-state index in [0.29, 0.717) is 0 Å². The molecule has 0 unspecified atom stereocenters. The first kappa shape index (κ1) is 10.8. The fourth-order valence-electron chi connectivity index (χ4n) is 1.82. The van der Waals surface area contributed by atoms with Crippen LogP contribution in [-0.4, -0.2) is 36.6 Å². The summed E-state index contributed by atoms with van der Waals surface area (Å²) in [4.78, 5) is 6.89. The molecule has 0 atom stereocenters. The highest BCUT2D eigenvalue weighted by molar-refractivity contribution is 7.99. The number of thioether (sulfide) groups is 1. The van der Waals surface area contributed by atoms with Crippen molar-refractivity contribution in [3.05, 3.63) is 23.9 Å². The summed E-state index contributed by atoms with van der Waals surface area (Å²) in [6.07, 6.45) is 1.89. The second-order valence-electron chi connectivity index (χ2n) is 3.62. The van der Waals surface area contributed by atoms with Crippen LogP contribution in [-0.2, 0) is 6.54 Å². The number of hydrogen-bond donors (Lipinski definition) is 1. The second-order valence-corrected chi connectivity index (χ2v) is 4.84. The molecule has 82 valence electrons. The van der Waals surface area contributed by atoms with E-state index in [-0.39, 0.29) is 0 Å². The normalized spacial score (nSPS) is 16.7. The monoisotopic (exact) mass is 223 g/mol. The number of hydrogen-bond acceptors (Lipinski definition) is 4. The van der Waals surface area contributed by atoms with E-state index < -0.39 is 0 Å². The molecule has 0 bridgehead atoms. The Labute approximate surface area is 95.3 Å². The molecule has 0 amide bonds. The minimum atomic E-state index is 0.896. The molecule has 1 aliphatic heterocycles. The molecule has 0 aliphatic carbocycles. The van der Waals surface area contributed by atoms with Crippen molar-refractivity contribution >= 4 is 17.6 Å². The Bertz CT molecular complexity index is 310. The SMILES string of the molecule is CNCc1cccnc1N1CCSCC1. The van der Waals surface area contributed by atoms with Crippen LogP contribution >= 0.6 is 11.8 Å². The molecule has 0 saturated carbocycles. The smallest absolute Gasteiger partial charge is 0.133 e. The van der Waals surface area contributed by atoms with Crippen molar-refractivity contribution in [2.45, 2.75) is 6.54 Å². The van der Waals surface area contributed by atoms with Crippen LogP contribution in [0.2, 0.25) is 0 Å². The van der Waals surface area contributed by atoms with E-state index in [4.69, 9.17) is 0 Å². The van der Waals surface area contributed by atoms with Gasteiger partial charge < -0.3 is 10.2 Å². The topological polar surface area (TPSA) is 28.2 Å². The number of nitrogens with zero attached hydrogens (tertiary/aromatic N) is 2. The number of rotatable bonds is 3. The van der Waals surface area contributed by atoms with Crippen molar-refractivity contribution in [3.8, 4) is 0 Å². The molecular formula is C11H17N3S. The van der Waals surface area contributed by atoms with E-state index in [2.05, 4.69) is 21.3 Å². The van der Waals surface area contributed by atoms with Crippen molar-refractivity contribution < 1.29 is 0 Å². The van der Waals surface area contributed by atoms with E-state index >= 15 is 0 Å². The summed E-state index contributed by atoms with van der Waals surface area (Å²) in [7, 11) is 1.98. The third kappa shape index (κ3) is 2.63. The maximum absolute atomic E-state index is 4.50. The van der Waals surface area contributed by atoms with E-state index in [9.17, 15) is 0 Å². The van der Waals surface area contributed by atoms with Gasteiger partial charge in [0.2, 0.25) is 0 Å². The van der Waals surface area contributed by atoms with Crippen LogP contribution in [0.15, 0.2) is 18.3 Å². The van der Waals surface area contributed by atoms with Crippen molar-refractivity contribution in [1.29, 1.82) is 0 Å². The summed E-state index contributed by atoms with van der Waals surface area (Å²) >= 11 is 2.03. The third-order valence-corrected chi connectivity index (χ3v) is 3.49. The Morgan fingerprint density at radius 2 is 2.27 bits per heavy atom. The molecule has 1 fully saturated rings. The minimum absolute atomic E-state index is 0.896. The van der Waals surface area contributed by atoms with Crippen LogP contribution in [0.5, 0.6) is 0 Å². The highest BCUT2D eigenvalue weighted by atomic mass is 32.2. The average molecular weight is 223 g/mol. The van der Waals surface area contributed by atoms with Gasteiger partial charge in [0.1, 0.15) is 5.82 Å². The van der Waals surface area contributed by atoms with Crippen LogP contribution in [0.3, 0.4) is 0 Å². The first-order valence-corrected chi connectivity index (χ1v) is 6.48. The third-order valence-electron chi connectivity index (χ3n) is 2.55. The minimum Gasteiger partial charge on any atom is -0.355 e. The zero-order valence-electron chi connectivity index (χ0n) is 9.07. The first-order valence-electron chi connectivity index (χ1n) is 5.33. The zero-order chi connectivity index (χ0) is 10.5. The summed E-state index contributed by atoms with van der Waals surface area (Å²) in [5.41, 5.74) is 1.30. The van der Waals surface area contributed by atoms with E-state index in [1.165, 1.54) is 17.1 Å². The van der Waals surface area contributed by atoms with Crippen LogP contribution in [0, 0.1) is 0 Å². The van der Waals surface area contributed by atoms with Gasteiger partial charge in [-0.3, -0.25) is 0 Å². The molecule has 0 aromatic carbocycles. The van der Waals surface area contributed by atoms with Crippen LogP contribution in [0.25, 0.3) is 0 Å². The molecule has 15 heavy (non-hydrogen) atoms. The lowest BCUT2D eigenvalue weighted by molar-refractivity contribution is 0.781. The average Bonchev–Trinajstić information content (AvgIpc) is 2.31. The maximum Gasteiger partial charge on any atom is 0.133 e. The molecule has 1 saturated heterocycles. The van der Waals surface area contributed by atoms with Crippen LogP contribution in [0.4, 0.5) is 5.82 Å². The lowest BCUT2D eigenvalue weighted by Crippen LogP contribution is -2.34. The molecule has 1 aliphatic rings. The number of anilines is 1. The van der Waals surface area contributed by atoms with Gasteiger partial charge in [-0.05, 0) is 13.1 Å². The summed E-state index contributed by atoms with van der Waals surface area (Å²) in [6, 6.07) is 4.16. The van der Waals surface area contributed by atoms with Gasteiger partial charge in [-0.1, -0.05) is 6.07 Å². The van der Waals surface area contributed by atoms with Gasteiger partial charge in [-0.2, -0.15) is 11.8 Å². The maximum atomic E-state index is 4.50. The Hall–Kier alpha value is -0.740. The standard InChI is InChI=1S/C11H17N3S/c1-12-9-10-3-2-4-13-11(10)14-5-7-15-8-6-14/h2-4,12H,5-9H2,1H3. The summed E-state index contributed by atoms with van der Waals surface area (Å²) < 4.78 is 0. The molecule has 0 radical (unpaired) electrons. The van der Waals surface area contributed by atoms with Crippen molar-refractivity contribution in [2.24, 2.45) is 0 Å². The lowest BCUT2D eigenvalue weighted by Gasteiger charge is -2.29. The highest BCUT2D eigenvalue weighted by Gasteiger charge is 2.14. The quantitative estimate of drug-likeness (QED) is 0.837. The molecule has 3 nitrogen and oxygen atoms in total. The molecule has 4 heteroatoms. The summed E-state index contributed by atoms with van der Waals surface area (Å²) in [6.45, 7) is 3.14. The van der Waals surface area contributed by atoms with Crippen LogP contribution < -0.4 is 10.2 Å². The van der Waals surface area contributed by atoms with Gasteiger partial charge in [-0.25, -0.2) is 4.98 Å². The highest BCUT2D eigenvalue weighted by Crippen LogP contribution is 2.20. The second kappa shape index (κ2) is 5.37. The molecule has 1 N–H and O–H groups in total. The van der Waals surface area contributed by atoms with Gasteiger partial charge in [0, 0.05) is 42.9 Å². The first-order chi connectivity index (χ1) is 7.42. The van der Waals surface area contributed by atoms with Gasteiger partial charge in [0.25, 0.3) is 0 Å². The molecule has 0 spiro atoms. The Morgan fingerprint density at radius 3 is 3.00 bits per heavy atom. The fraction of sp³-hybridized carbons (Fsp3) is 0.545. The van der Waals surface area contributed by atoms with E-state index in [1.54, 1.807) is 0 Å². The Morgan fingerprint density at radius 1 is 1.47 bits per heavy atom. The van der Waals surface area contributed by atoms with Crippen LogP contribution in [0.1, 0.15) is 5.56 Å². The predicted octanol–water partition coefficient (Wildman–Crippen LogP) is 1.35. The van der Waals surface area contributed by atoms with Crippen molar-refractivity contribution in [3.63, 3.8) is 0 Å². The lowest BCUT2D eigenvalue weighted by atomic mass is 10.2. The van der Waals surface area contributed by atoms with Gasteiger partial charge in [-0.15, -0.1) is 0 Å². The molecule has 2 heterocycles. The number of pyridine rings is 1. The Kier molecular flexibility index (Phi) is 3.86. The largest absolute Gasteiger partial charge is 0.355 e. The molecular weight excluding hydrogens is 206 g/mol. The van der Waals surface area contributed by atoms with E-state index in [0.717, 1.165) is 25.5 Å². The summed E-state index contributed by atoms with van der Waals surface area (Å²) in [5.74, 6) is 3.60. The van der Waals surface area contributed by atoms with Crippen molar-refractivity contribution in [2.75, 3.05) is 36.5 Å².